The van der Waals surface area contributed by atoms with E-state index in [1.165, 1.54) is 81.7 Å². The molecule has 1 saturated carbocycles. The highest BCUT2D eigenvalue weighted by Gasteiger charge is 2.59. The summed E-state index contributed by atoms with van der Waals surface area (Å²) in [4.78, 5) is 5.05. The summed E-state index contributed by atoms with van der Waals surface area (Å²) >= 11 is 3.78. The van der Waals surface area contributed by atoms with E-state index >= 15 is 0 Å². The molecule has 0 unspecified atom stereocenters. The molecule has 0 radical (unpaired) electrons. The third-order valence-electron chi connectivity index (χ3n) is 10.5. The second-order valence-electron chi connectivity index (χ2n) is 13.5. The van der Waals surface area contributed by atoms with E-state index in [4.69, 9.17) is 14.2 Å². The molecule has 0 aromatic heterocycles. The van der Waals surface area contributed by atoms with Gasteiger partial charge in [0.15, 0.2) is 0 Å². The Balaban J connectivity index is 1.35. The molecule has 5 rings (SSSR count). The van der Waals surface area contributed by atoms with Gasteiger partial charge in [0, 0.05) is 35.7 Å². The van der Waals surface area contributed by atoms with Crippen LogP contribution in [-0.4, -0.2) is 63.7 Å². The quantitative estimate of drug-likeness (QED) is 0.137. The minimum atomic E-state index is -3.85. The van der Waals surface area contributed by atoms with E-state index in [2.05, 4.69) is 50.7 Å². The standard InChI is InChI=1S/C36H52BrN3O6S/c1-5-6-7-8-9-10-11-12-13-18-40-23-26-20-31(45-4)34(37)35-33(26)36(22-28(40)24-41)25(2)19-27(21-32(36)46-35)38-39-47(42,43)30-16-14-29(44-3)15-17-30/h14-17,20,25,28,32,39,41H,5-13,18-19,21-24H2,1-4H3/b38-27+/t25-,28+,32-,36+/m1/s1. The molecule has 4 atom stereocenters. The first-order chi connectivity index (χ1) is 22.7. The van der Waals surface area contributed by atoms with Crippen LogP contribution < -0.4 is 19.0 Å². The van der Waals surface area contributed by atoms with E-state index < -0.39 is 10.0 Å². The number of aliphatic hydroxyl groups excluding tert-OH is 1. The van der Waals surface area contributed by atoms with Crippen LogP contribution >= 0.6 is 15.9 Å². The van der Waals surface area contributed by atoms with Crippen molar-refractivity contribution in [1.82, 2.24) is 9.73 Å². The van der Waals surface area contributed by atoms with Crippen LogP contribution in [0, 0.1) is 5.92 Å². The van der Waals surface area contributed by atoms with Crippen molar-refractivity contribution in [1.29, 1.82) is 0 Å². The molecule has 11 heteroatoms. The maximum Gasteiger partial charge on any atom is 0.276 e. The smallest absolute Gasteiger partial charge is 0.276 e. The number of aliphatic hydroxyl groups is 1. The normalized spacial score (nSPS) is 24.7. The van der Waals surface area contributed by atoms with Crippen LogP contribution in [0.3, 0.4) is 0 Å². The molecule has 1 spiro atoms. The number of hydrogen-bond acceptors (Lipinski definition) is 8. The molecule has 2 heterocycles. The second-order valence-corrected chi connectivity index (χ2v) is 16.0. The zero-order chi connectivity index (χ0) is 33.6. The van der Waals surface area contributed by atoms with Crippen LogP contribution in [0.1, 0.15) is 102 Å². The summed E-state index contributed by atoms with van der Waals surface area (Å²) in [5.74, 6) is 2.20. The molecule has 1 aliphatic carbocycles. The average molecular weight is 735 g/mol. The molecule has 260 valence electrons. The molecule has 0 saturated heterocycles. The second kappa shape index (κ2) is 15.9. The number of hydrogen-bond donors (Lipinski definition) is 2. The Morgan fingerprint density at radius 1 is 1.04 bits per heavy atom. The third-order valence-corrected chi connectivity index (χ3v) is 12.5. The van der Waals surface area contributed by atoms with Crippen molar-refractivity contribution in [2.45, 2.75) is 120 Å². The van der Waals surface area contributed by atoms with E-state index in [9.17, 15) is 13.5 Å². The minimum Gasteiger partial charge on any atom is -0.497 e. The highest BCUT2D eigenvalue weighted by atomic mass is 79.9. The van der Waals surface area contributed by atoms with E-state index in [-0.39, 0.29) is 35.0 Å². The van der Waals surface area contributed by atoms with E-state index in [1.807, 2.05) is 0 Å². The number of rotatable bonds is 16. The number of sulfonamides is 1. The molecule has 1 fully saturated rings. The first-order valence-corrected chi connectivity index (χ1v) is 19.6. The number of unbranched alkanes of at least 4 members (excludes halogenated alkanes) is 8. The van der Waals surface area contributed by atoms with Crippen molar-refractivity contribution in [3.63, 3.8) is 0 Å². The number of nitrogens with one attached hydrogen (secondary N) is 1. The Morgan fingerprint density at radius 3 is 2.36 bits per heavy atom. The lowest BCUT2D eigenvalue weighted by atomic mass is 9.59. The fraction of sp³-hybridized carbons (Fsp3) is 0.639. The van der Waals surface area contributed by atoms with Gasteiger partial charge in [0.05, 0.1) is 25.7 Å². The highest BCUT2D eigenvalue weighted by Crippen LogP contribution is 2.60. The summed E-state index contributed by atoms with van der Waals surface area (Å²) in [5, 5.41) is 15.3. The van der Waals surface area contributed by atoms with Gasteiger partial charge in [0.1, 0.15) is 27.8 Å². The first kappa shape index (κ1) is 36.0. The maximum atomic E-state index is 13.1. The van der Waals surface area contributed by atoms with Crippen molar-refractivity contribution >= 4 is 31.7 Å². The van der Waals surface area contributed by atoms with Gasteiger partial charge >= 0.3 is 0 Å². The molecule has 47 heavy (non-hydrogen) atoms. The molecule has 2 aromatic rings. The molecular formula is C36H52BrN3O6S. The van der Waals surface area contributed by atoms with Crippen molar-refractivity contribution in [3.8, 4) is 17.2 Å². The van der Waals surface area contributed by atoms with Gasteiger partial charge in [-0.2, -0.15) is 13.5 Å². The van der Waals surface area contributed by atoms with Gasteiger partial charge in [-0.05, 0) is 83.6 Å². The van der Waals surface area contributed by atoms with Crippen LogP contribution in [0.4, 0.5) is 0 Å². The molecule has 2 N–H and O–H groups in total. The molecule has 3 aliphatic rings. The molecule has 0 bridgehead atoms. The Hall–Kier alpha value is -2.34. The van der Waals surface area contributed by atoms with Crippen LogP contribution in [0.2, 0.25) is 0 Å². The van der Waals surface area contributed by atoms with Crippen molar-refractivity contribution in [2.24, 2.45) is 11.0 Å². The van der Waals surface area contributed by atoms with Gasteiger partial charge in [0.25, 0.3) is 10.0 Å². The molecule has 2 aromatic carbocycles. The van der Waals surface area contributed by atoms with Gasteiger partial charge in [-0.25, -0.2) is 4.83 Å². The summed E-state index contributed by atoms with van der Waals surface area (Å²) in [7, 11) is -0.641. The molecule has 0 amide bonds. The van der Waals surface area contributed by atoms with Gasteiger partial charge < -0.3 is 19.3 Å². The third kappa shape index (κ3) is 7.63. The summed E-state index contributed by atoms with van der Waals surface area (Å²) in [5.41, 5.74) is 2.78. The van der Waals surface area contributed by atoms with Gasteiger partial charge in [-0.15, -0.1) is 0 Å². The molecular weight excluding hydrogens is 682 g/mol. The summed E-state index contributed by atoms with van der Waals surface area (Å²) in [6.45, 7) is 6.20. The Bertz CT molecular complexity index is 1500. The molecule has 9 nitrogen and oxygen atoms in total. The SMILES string of the molecule is CCCCCCCCCCCN1Cc2cc(OC)c(Br)c3c2[C@@]2(C[C@H]1CO)[C@H](C)C/C(=N\NS(=O)(=O)c1ccc(OC)cc1)C[C@H]2O3. The molecule has 2 aliphatic heterocycles. The first-order valence-electron chi connectivity index (χ1n) is 17.3. The fourth-order valence-corrected chi connectivity index (χ4v) is 9.39. The predicted octanol–water partition coefficient (Wildman–Crippen LogP) is 7.33. The van der Waals surface area contributed by atoms with Crippen molar-refractivity contribution in [2.75, 3.05) is 27.4 Å². The van der Waals surface area contributed by atoms with Crippen molar-refractivity contribution < 1.29 is 27.7 Å². The van der Waals surface area contributed by atoms with Crippen LogP contribution in [-0.2, 0) is 22.0 Å². The topological polar surface area (TPSA) is 110 Å². The van der Waals surface area contributed by atoms with Gasteiger partial charge in [-0.1, -0.05) is 65.2 Å². The lowest BCUT2D eigenvalue weighted by molar-refractivity contribution is 0.0411. The highest BCUT2D eigenvalue weighted by molar-refractivity contribution is 9.10. The Labute approximate surface area is 289 Å². The number of halogens is 1. The van der Waals surface area contributed by atoms with Crippen LogP contribution in [0.5, 0.6) is 17.2 Å². The average Bonchev–Trinajstić information content (AvgIpc) is 3.34. The van der Waals surface area contributed by atoms with Crippen molar-refractivity contribution in [3.05, 3.63) is 45.9 Å². The Kier molecular flexibility index (Phi) is 12.2. The van der Waals surface area contributed by atoms with E-state index in [1.54, 1.807) is 19.2 Å². The number of hydrazone groups is 1. The van der Waals surface area contributed by atoms with Gasteiger partial charge in [0.2, 0.25) is 0 Å². The fourth-order valence-electron chi connectivity index (χ4n) is 7.98. The minimum absolute atomic E-state index is 0.0206. The van der Waals surface area contributed by atoms with Crippen LogP contribution in [0.25, 0.3) is 0 Å². The van der Waals surface area contributed by atoms with E-state index in [0.717, 1.165) is 47.6 Å². The summed E-state index contributed by atoms with van der Waals surface area (Å²) in [6, 6.07) is 8.36. The largest absolute Gasteiger partial charge is 0.497 e. The lowest BCUT2D eigenvalue weighted by Crippen LogP contribution is -2.53. The number of methoxy groups -OCH3 is 2. The maximum absolute atomic E-state index is 13.1. The van der Waals surface area contributed by atoms with Gasteiger partial charge in [-0.3, -0.25) is 4.90 Å². The summed E-state index contributed by atoms with van der Waals surface area (Å²) < 4.78 is 44.7. The van der Waals surface area contributed by atoms with Crippen LogP contribution in [0.15, 0.2) is 44.8 Å². The zero-order valence-electron chi connectivity index (χ0n) is 28.4. The summed E-state index contributed by atoms with van der Waals surface area (Å²) in [6.07, 6.45) is 13.1. The Morgan fingerprint density at radius 2 is 1.72 bits per heavy atom. The number of benzene rings is 2. The predicted molar refractivity (Wildman–Crippen MR) is 189 cm³/mol. The number of ether oxygens (including phenoxy) is 3. The monoisotopic (exact) mass is 733 g/mol. The lowest BCUT2D eigenvalue weighted by Gasteiger charge is -2.45. The number of nitrogens with zero attached hydrogens (tertiary/aromatic N) is 2. The zero-order valence-corrected chi connectivity index (χ0v) is 30.8. The van der Waals surface area contributed by atoms with E-state index in [0.29, 0.717) is 18.6 Å².